The fraction of sp³-hybridized carbons (Fsp3) is 1.00. The summed E-state index contributed by atoms with van der Waals surface area (Å²) in [6.45, 7) is 4.68. The van der Waals surface area contributed by atoms with Crippen LogP contribution in [0.1, 0.15) is 51.9 Å². The third kappa shape index (κ3) is 14.5. The fourth-order valence-electron chi connectivity index (χ4n) is 2.31. The lowest BCUT2D eigenvalue weighted by Gasteiger charge is -2.23. The Bertz CT molecular complexity index is 199. The van der Waals surface area contributed by atoms with Gasteiger partial charge in [0.1, 0.15) is 0 Å². The maximum Gasteiger partial charge on any atom is 0.0900 e. The molecule has 0 bridgehead atoms. The van der Waals surface area contributed by atoms with E-state index in [4.69, 9.17) is 14.9 Å². The molecule has 0 aromatic rings. The molecule has 0 radical (unpaired) electrons. The van der Waals surface area contributed by atoms with Gasteiger partial charge in [-0.1, -0.05) is 45.4 Å². The first-order valence-electron chi connectivity index (χ1n) is 8.44. The second-order valence-electron chi connectivity index (χ2n) is 5.60. The molecule has 0 aliphatic heterocycles. The normalized spacial score (nSPS) is 13.0. The van der Waals surface area contributed by atoms with Crippen LogP contribution in [-0.2, 0) is 4.74 Å². The molecule has 128 valence electrons. The molecule has 3 N–H and O–H groups in total. The number of hydrogen-bond acceptors (Lipinski definition) is 5. The number of unbranched alkanes of at least 4 members (excludes halogenated alkanes) is 6. The van der Waals surface area contributed by atoms with Crippen molar-refractivity contribution < 1.29 is 20.1 Å². The van der Waals surface area contributed by atoms with Crippen molar-refractivity contribution in [2.45, 2.75) is 58.0 Å². The smallest absolute Gasteiger partial charge is 0.0900 e. The van der Waals surface area contributed by atoms with E-state index in [1.165, 1.54) is 38.5 Å². The molecule has 1 unspecified atom stereocenters. The van der Waals surface area contributed by atoms with Gasteiger partial charge >= 0.3 is 0 Å². The van der Waals surface area contributed by atoms with Crippen LogP contribution in [0.3, 0.4) is 0 Å². The van der Waals surface area contributed by atoms with Gasteiger partial charge in [0, 0.05) is 26.2 Å². The summed E-state index contributed by atoms with van der Waals surface area (Å²) >= 11 is 0. The van der Waals surface area contributed by atoms with Crippen molar-refractivity contribution in [3.63, 3.8) is 0 Å². The molecule has 0 aromatic heterocycles. The Kier molecular flexibility index (Phi) is 16.0. The SMILES string of the molecule is CCCCCCCCCOCC(O)CN(CCO)CCO. The van der Waals surface area contributed by atoms with E-state index in [1.54, 1.807) is 0 Å². The van der Waals surface area contributed by atoms with E-state index in [1.807, 2.05) is 4.90 Å². The number of rotatable bonds is 16. The molecule has 0 saturated heterocycles. The summed E-state index contributed by atoms with van der Waals surface area (Å²) in [5.74, 6) is 0. The predicted molar refractivity (Wildman–Crippen MR) is 85.4 cm³/mol. The zero-order chi connectivity index (χ0) is 15.8. The molecule has 0 aliphatic rings. The van der Waals surface area contributed by atoms with Crippen molar-refractivity contribution in [3.8, 4) is 0 Å². The largest absolute Gasteiger partial charge is 0.395 e. The van der Waals surface area contributed by atoms with E-state index in [0.717, 1.165) is 6.42 Å². The first kappa shape index (κ1) is 20.8. The summed E-state index contributed by atoms with van der Waals surface area (Å²) < 4.78 is 5.48. The van der Waals surface area contributed by atoms with Crippen molar-refractivity contribution in [2.75, 3.05) is 46.1 Å². The highest BCUT2D eigenvalue weighted by Crippen LogP contribution is 2.07. The van der Waals surface area contributed by atoms with Crippen LogP contribution in [0.4, 0.5) is 0 Å². The van der Waals surface area contributed by atoms with Gasteiger partial charge in [0.2, 0.25) is 0 Å². The molecule has 0 rings (SSSR count). The van der Waals surface area contributed by atoms with Crippen LogP contribution in [0, 0.1) is 0 Å². The Morgan fingerprint density at radius 2 is 1.48 bits per heavy atom. The van der Waals surface area contributed by atoms with Gasteiger partial charge in [0.25, 0.3) is 0 Å². The van der Waals surface area contributed by atoms with Gasteiger partial charge in [-0.25, -0.2) is 0 Å². The summed E-state index contributed by atoms with van der Waals surface area (Å²) in [7, 11) is 0. The summed E-state index contributed by atoms with van der Waals surface area (Å²) in [6.07, 6.45) is 8.22. The van der Waals surface area contributed by atoms with Gasteiger partial charge in [-0.3, -0.25) is 4.90 Å². The maximum atomic E-state index is 9.84. The number of aliphatic hydroxyl groups is 3. The van der Waals surface area contributed by atoms with Gasteiger partial charge in [-0.15, -0.1) is 0 Å². The lowest BCUT2D eigenvalue weighted by molar-refractivity contribution is 0.0103. The lowest BCUT2D eigenvalue weighted by Crippen LogP contribution is -2.38. The van der Waals surface area contributed by atoms with E-state index in [-0.39, 0.29) is 13.2 Å². The number of hydrogen-bond donors (Lipinski definition) is 3. The molecule has 0 heterocycles. The Hall–Kier alpha value is -0.200. The molecule has 5 nitrogen and oxygen atoms in total. The third-order valence-corrected chi connectivity index (χ3v) is 3.50. The highest BCUT2D eigenvalue weighted by molar-refractivity contribution is 4.63. The van der Waals surface area contributed by atoms with Crippen molar-refractivity contribution in [1.29, 1.82) is 0 Å². The molecule has 5 heteroatoms. The predicted octanol–water partition coefficient (Wildman–Crippen LogP) is 1.40. The molecular formula is C16H35NO4. The van der Waals surface area contributed by atoms with Crippen LogP contribution in [0.25, 0.3) is 0 Å². The quantitative estimate of drug-likeness (QED) is 0.376. The lowest BCUT2D eigenvalue weighted by atomic mass is 10.1. The minimum atomic E-state index is -0.562. The summed E-state index contributed by atoms with van der Waals surface area (Å²) in [5, 5.41) is 27.6. The maximum absolute atomic E-state index is 9.84. The number of aliphatic hydroxyl groups excluding tert-OH is 3. The number of ether oxygens (including phenoxy) is 1. The van der Waals surface area contributed by atoms with E-state index < -0.39 is 6.10 Å². The van der Waals surface area contributed by atoms with Gasteiger partial charge < -0.3 is 20.1 Å². The van der Waals surface area contributed by atoms with Crippen LogP contribution < -0.4 is 0 Å². The average Bonchev–Trinajstić information content (AvgIpc) is 2.46. The molecule has 0 aliphatic carbocycles. The first-order valence-corrected chi connectivity index (χ1v) is 8.44. The Balaban J connectivity index is 3.41. The van der Waals surface area contributed by atoms with Crippen LogP contribution in [-0.4, -0.2) is 72.4 Å². The first-order chi connectivity index (χ1) is 10.2. The van der Waals surface area contributed by atoms with Gasteiger partial charge in [-0.05, 0) is 6.42 Å². The Morgan fingerprint density at radius 3 is 2.05 bits per heavy atom. The van der Waals surface area contributed by atoms with Crippen molar-refractivity contribution in [3.05, 3.63) is 0 Å². The molecule has 21 heavy (non-hydrogen) atoms. The highest BCUT2D eigenvalue weighted by Gasteiger charge is 2.11. The zero-order valence-electron chi connectivity index (χ0n) is 13.7. The average molecular weight is 305 g/mol. The summed E-state index contributed by atoms with van der Waals surface area (Å²) in [5.41, 5.74) is 0. The second-order valence-corrected chi connectivity index (χ2v) is 5.60. The molecule has 1 atom stereocenters. The molecule has 0 spiro atoms. The second kappa shape index (κ2) is 16.2. The standard InChI is InChI=1S/C16H35NO4/c1-2-3-4-5-6-7-8-13-21-15-16(20)14-17(9-11-18)10-12-19/h16,18-20H,2-15H2,1H3. The summed E-state index contributed by atoms with van der Waals surface area (Å²) in [4.78, 5) is 1.84. The minimum absolute atomic E-state index is 0.0333. The number of nitrogens with zero attached hydrogens (tertiary/aromatic N) is 1. The van der Waals surface area contributed by atoms with E-state index >= 15 is 0 Å². The minimum Gasteiger partial charge on any atom is -0.395 e. The molecule has 0 saturated carbocycles. The van der Waals surface area contributed by atoms with E-state index in [0.29, 0.717) is 32.8 Å². The molecule has 0 fully saturated rings. The monoisotopic (exact) mass is 305 g/mol. The van der Waals surface area contributed by atoms with Crippen LogP contribution in [0.5, 0.6) is 0 Å². The third-order valence-electron chi connectivity index (χ3n) is 3.50. The fourth-order valence-corrected chi connectivity index (χ4v) is 2.31. The van der Waals surface area contributed by atoms with Crippen LogP contribution in [0.15, 0.2) is 0 Å². The molecular weight excluding hydrogens is 270 g/mol. The van der Waals surface area contributed by atoms with Crippen molar-refractivity contribution in [2.24, 2.45) is 0 Å². The van der Waals surface area contributed by atoms with Crippen molar-refractivity contribution >= 4 is 0 Å². The highest BCUT2D eigenvalue weighted by atomic mass is 16.5. The van der Waals surface area contributed by atoms with E-state index in [2.05, 4.69) is 6.92 Å². The molecule has 0 aromatic carbocycles. The van der Waals surface area contributed by atoms with Crippen molar-refractivity contribution in [1.82, 2.24) is 4.90 Å². The zero-order valence-corrected chi connectivity index (χ0v) is 13.7. The van der Waals surface area contributed by atoms with Crippen LogP contribution >= 0.6 is 0 Å². The van der Waals surface area contributed by atoms with Gasteiger partial charge in [0.05, 0.1) is 25.9 Å². The summed E-state index contributed by atoms with van der Waals surface area (Å²) in [6, 6.07) is 0. The van der Waals surface area contributed by atoms with Gasteiger partial charge in [0.15, 0.2) is 0 Å². The Morgan fingerprint density at radius 1 is 0.905 bits per heavy atom. The molecule has 0 amide bonds. The van der Waals surface area contributed by atoms with E-state index in [9.17, 15) is 5.11 Å². The topological polar surface area (TPSA) is 73.2 Å². The van der Waals surface area contributed by atoms with Crippen LogP contribution in [0.2, 0.25) is 0 Å². The van der Waals surface area contributed by atoms with Gasteiger partial charge in [-0.2, -0.15) is 0 Å². The Labute approximate surface area is 129 Å².